The van der Waals surface area contributed by atoms with E-state index in [-0.39, 0.29) is 5.69 Å². The molecule has 0 radical (unpaired) electrons. The van der Waals surface area contributed by atoms with Crippen molar-refractivity contribution in [2.24, 2.45) is 0 Å². The van der Waals surface area contributed by atoms with Crippen molar-refractivity contribution in [1.29, 1.82) is 0 Å². The Bertz CT molecular complexity index is 1040. The second kappa shape index (κ2) is 5.58. The number of non-ortho nitro benzene ring substituents is 1. The normalized spacial score (nSPS) is 10.8. The molecule has 2 aromatic heterocycles. The maximum Gasteiger partial charge on any atom is 0.270 e. The molecule has 24 heavy (non-hydrogen) atoms. The zero-order valence-electron chi connectivity index (χ0n) is 12.5. The Morgan fingerprint density at radius 1 is 0.958 bits per heavy atom. The topological polar surface area (TPSA) is 73.3 Å². The van der Waals surface area contributed by atoms with Crippen LogP contribution in [-0.2, 0) is 0 Å². The Morgan fingerprint density at radius 3 is 2.54 bits per heavy atom. The van der Waals surface area contributed by atoms with Gasteiger partial charge >= 0.3 is 0 Å². The fraction of sp³-hybridized carbons (Fsp3) is 0. The fourth-order valence-electron chi connectivity index (χ4n) is 2.71. The Kier molecular flexibility index (Phi) is 3.28. The van der Waals surface area contributed by atoms with Crippen molar-refractivity contribution in [3.05, 3.63) is 83.2 Å². The van der Waals surface area contributed by atoms with Crippen LogP contribution >= 0.6 is 0 Å². The summed E-state index contributed by atoms with van der Waals surface area (Å²) in [5, 5.41) is 15.4. The summed E-state index contributed by atoms with van der Waals surface area (Å²) in [7, 11) is 0. The van der Waals surface area contributed by atoms with Crippen LogP contribution in [0.2, 0.25) is 0 Å². The number of hydrogen-bond acceptors (Lipinski definition) is 4. The van der Waals surface area contributed by atoms with Crippen LogP contribution in [0, 0.1) is 10.1 Å². The average Bonchev–Trinajstić information content (AvgIpc) is 3.06. The molecule has 0 N–H and O–H groups in total. The minimum Gasteiger partial charge on any atom is -0.258 e. The number of nitro groups is 1. The summed E-state index contributed by atoms with van der Waals surface area (Å²) in [5.74, 6) is 0. The summed E-state index contributed by atoms with van der Waals surface area (Å²) in [6.45, 7) is 0. The van der Waals surface area contributed by atoms with Gasteiger partial charge in [0.15, 0.2) is 5.65 Å². The molecule has 0 saturated carbocycles. The van der Waals surface area contributed by atoms with Crippen LogP contribution in [0.5, 0.6) is 0 Å². The molecule has 6 heteroatoms. The second-order valence-electron chi connectivity index (χ2n) is 5.30. The van der Waals surface area contributed by atoms with Gasteiger partial charge in [-0.1, -0.05) is 42.5 Å². The minimum atomic E-state index is -0.402. The number of nitrogens with zero attached hydrogens (tertiary/aromatic N) is 4. The van der Waals surface area contributed by atoms with Crippen molar-refractivity contribution < 1.29 is 4.92 Å². The predicted molar refractivity (Wildman–Crippen MR) is 90.5 cm³/mol. The first-order valence-electron chi connectivity index (χ1n) is 7.37. The highest BCUT2D eigenvalue weighted by molar-refractivity contribution is 5.79. The highest BCUT2D eigenvalue weighted by Gasteiger charge is 2.13. The van der Waals surface area contributed by atoms with E-state index in [0.717, 1.165) is 22.4 Å². The predicted octanol–water partition coefficient (Wildman–Crippen LogP) is 3.97. The quantitative estimate of drug-likeness (QED) is 0.423. The van der Waals surface area contributed by atoms with Gasteiger partial charge in [0.25, 0.3) is 5.69 Å². The first-order valence-corrected chi connectivity index (χ1v) is 7.37. The van der Waals surface area contributed by atoms with Crippen molar-refractivity contribution in [2.45, 2.75) is 0 Å². The molecule has 0 fully saturated rings. The number of nitro benzene ring substituents is 1. The number of hydrogen-bond donors (Lipinski definition) is 0. The van der Waals surface area contributed by atoms with Crippen LogP contribution in [0.1, 0.15) is 0 Å². The monoisotopic (exact) mass is 316 g/mol. The van der Waals surface area contributed by atoms with E-state index >= 15 is 0 Å². The van der Waals surface area contributed by atoms with Gasteiger partial charge in [0, 0.05) is 29.5 Å². The number of aromatic nitrogens is 3. The largest absolute Gasteiger partial charge is 0.270 e. The zero-order chi connectivity index (χ0) is 16.5. The number of fused-ring (bicyclic) bond motifs is 1. The molecule has 0 atom stereocenters. The molecule has 2 aromatic carbocycles. The first kappa shape index (κ1) is 14.1. The molecule has 0 bridgehead atoms. The zero-order valence-corrected chi connectivity index (χ0v) is 12.5. The lowest BCUT2D eigenvalue weighted by molar-refractivity contribution is -0.384. The van der Waals surface area contributed by atoms with Gasteiger partial charge in [0.05, 0.1) is 16.8 Å². The first-order chi connectivity index (χ1) is 11.7. The fourth-order valence-corrected chi connectivity index (χ4v) is 2.71. The molecule has 6 nitrogen and oxygen atoms in total. The molecule has 0 aliphatic carbocycles. The molecule has 0 spiro atoms. The van der Waals surface area contributed by atoms with Crippen LogP contribution in [0.15, 0.2) is 73.1 Å². The summed E-state index contributed by atoms with van der Waals surface area (Å²) >= 11 is 0. The van der Waals surface area contributed by atoms with Crippen molar-refractivity contribution >= 4 is 11.3 Å². The summed E-state index contributed by atoms with van der Waals surface area (Å²) in [4.78, 5) is 15.0. The summed E-state index contributed by atoms with van der Waals surface area (Å²) in [6.07, 6.45) is 3.45. The molecule has 4 rings (SSSR count). The van der Waals surface area contributed by atoms with Gasteiger partial charge in [-0.2, -0.15) is 5.10 Å². The smallest absolute Gasteiger partial charge is 0.258 e. The van der Waals surface area contributed by atoms with E-state index in [1.807, 2.05) is 36.4 Å². The van der Waals surface area contributed by atoms with Crippen molar-refractivity contribution in [1.82, 2.24) is 14.6 Å². The maximum atomic E-state index is 11.0. The van der Waals surface area contributed by atoms with Crippen LogP contribution < -0.4 is 0 Å². The maximum absolute atomic E-state index is 11.0. The molecule has 0 aliphatic heterocycles. The van der Waals surface area contributed by atoms with Crippen LogP contribution in [0.4, 0.5) is 5.69 Å². The van der Waals surface area contributed by atoms with Crippen molar-refractivity contribution in [3.8, 4) is 22.4 Å². The lowest BCUT2D eigenvalue weighted by atomic mass is 10.1. The van der Waals surface area contributed by atoms with Gasteiger partial charge in [-0.05, 0) is 11.6 Å². The Balaban J connectivity index is 1.91. The third kappa shape index (κ3) is 2.30. The van der Waals surface area contributed by atoms with Crippen LogP contribution in [-0.4, -0.2) is 19.5 Å². The van der Waals surface area contributed by atoms with Gasteiger partial charge in [0.1, 0.15) is 0 Å². The van der Waals surface area contributed by atoms with Gasteiger partial charge in [0.2, 0.25) is 0 Å². The van der Waals surface area contributed by atoms with E-state index < -0.39 is 4.92 Å². The summed E-state index contributed by atoms with van der Waals surface area (Å²) < 4.78 is 1.71. The van der Waals surface area contributed by atoms with E-state index in [9.17, 15) is 10.1 Å². The molecule has 0 saturated heterocycles. The van der Waals surface area contributed by atoms with E-state index in [2.05, 4.69) is 10.1 Å². The van der Waals surface area contributed by atoms with E-state index in [0.29, 0.717) is 5.65 Å². The van der Waals surface area contributed by atoms with Crippen LogP contribution in [0.25, 0.3) is 28.0 Å². The molecule has 4 aromatic rings. The number of rotatable bonds is 3. The number of benzene rings is 2. The summed E-state index contributed by atoms with van der Waals surface area (Å²) in [5.41, 5.74) is 4.18. The van der Waals surface area contributed by atoms with Gasteiger partial charge in [-0.25, -0.2) is 9.50 Å². The molecule has 0 unspecified atom stereocenters. The molecule has 116 valence electrons. The van der Waals surface area contributed by atoms with E-state index in [1.54, 1.807) is 35.1 Å². The Hall–Kier alpha value is -3.54. The second-order valence-corrected chi connectivity index (χ2v) is 5.30. The van der Waals surface area contributed by atoms with Crippen LogP contribution in [0.3, 0.4) is 0 Å². The molecule has 0 aliphatic rings. The van der Waals surface area contributed by atoms with Gasteiger partial charge in [-0.3, -0.25) is 10.1 Å². The molecular formula is C18H12N4O2. The van der Waals surface area contributed by atoms with Crippen molar-refractivity contribution in [3.63, 3.8) is 0 Å². The Morgan fingerprint density at radius 2 is 1.75 bits per heavy atom. The SMILES string of the molecule is O=[N+]([O-])c1cccc(-c2ccnc3c(-c4ccccc4)cnn23)c1. The van der Waals surface area contributed by atoms with Gasteiger partial charge < -0.3 is 0 Å². The standard InChI is InChI=1S/C18H12N4O2/c23-22(24)15-8-4-7-14(11-15)17-9-10-19-18-16(12-20-21(17)18)13-5-2-1-3-6-13/h1-12H. The molecular weight excluding hydrogens is 304 g/mol. The Labute approximate surface area is 137 Å². The molecule has 2 heterocycles. The molecule has 0 amide bonds. The van der Waals surface area contributed by atoms with E-state index in [1.165, 1.54) is 6.07 Å². The lowest BCUT2D eigenvalue weighted by Gasteiger charge is -2.05. The third-order valence-corrected chi connectivity index (χ3v) is 3.84. The summed E-state index contributed by atoms with van der Waals surface area (Å²) in [6, 6.07) is 18.2. The van der Waals surface area contributed by atoms with E-state index in [4.69, 9.17) is 0 Å². The highest BCUT2D eigenvalue weighted by Crippen LogP contribution is 2.28. The highest BCUT2D eigenvalue weighted by atomic mass is 16.6. The third-order valence-electron chi connectivity index (χ3n) is 3.84. The average molecular weight is 316 g/mol. The minimum absolute atomic E-state index is 0.0490. The van der Waals surface area contributed by atoms with Crippen molar-refractivity contribution in [2.75, 3.05) is 0 Å². The van der Waals surface area contributed by atoms with Gasteiger partial charge in [-0.15, -0.1) is 0 Å². The lowest BCUT2D eigenvalue weighted by Crippen LogP contribution is -1.96.